The van der Waals surface area contributed by atoms with Crippen molar-refractivity contribution in [2.45, 2.75) is 31.6 Å². The van der Waals surface area contributed by atoms with Crippen molar-refractivity contribution >= 4 is 17.7 Å². The van der Waals surface area contributed by atoms with E-state index in [2.05, 4.69) is 5.32 Å². The van der Waals surface area contributed by atoms with E-state index in [1.807, 2.05) is 0 Å². The van der Waals surface area contributed by atoms with Gasteiger partial charge < -0.3 is 5.32 Å². The summed E-state index contributed by atoms with van der Waals surface area (Å²) < 4.78 is 38.0. The molecule has 2 heterocycles. The molecule has 0 bridgehead atoms. The Kier molecular flexibility index (Phi) is 5.98. The van der Waals surface area contributed by atoms with E-state index in [1.165, 1.54) is 17.0 Å². The van der Waals surface area contributed by atoms with Crippen LogP contribution in [-0.2, 0) is 22.5 Å². The molecule has 1 fully saturated rings. The number of nitrogens with zero attached hydrogens (tertiary/aromatic N) is 1. The largest absolute Gasteiger partial charge is 0.416 e. The minimum absolute atomic E-state index is 0.0367. The molecule has 4 rings (SSSR count). The summed E-state index contributed by atoms with van der Waals surface area (Å²) in [6.07, 6.45) is -3.26. The Morgan fingerprint density at radius 2 is 1.75 bits per heavy atom. The lowest BCUT2D eigenvalue weighted by Crippen LogP contribution is -2.42. The van der Waals surface area contributed by atoms with E-state index in [-0.39, 0.29) is 29.8 Å². The van der Waals surface area contributed by atoms with Gasteiger partial charge in [-0.05, 0) is 54.8 Å². The van der Waals surface area contributed by atoms with Gasteiger partial charge in [0.05, 0.1) is 29.3 Å². The lowest BCUT2D eigenvalue weighted by molar-refractivity contribution is -0.291. The van der Waals surface area contributed by atoms with Crippen molar-refractivity contribution in [2.75, 3.05) is 13.2 Å². The van der Waals surface area contributed by atoms with Gasteiger partial charge in [0.15, 0.2) is 0 Å². The summed E-state index contributed by atoms with van der Waals surface area (Å²) in [5.41, 5.74) is 0.324. The third-order valence-corrected chi connectivity index (χ3v) is 5.38. The number of hydrogen-bond donors (Lipinski definition) is 1. The predicted octanol–water partition coefficient (Wildman–Crippen LogP) is 3.34. The second-order valence-corrected chi connectivity index (χ2v) is 7.52. The minimum Gasteiger partial charge on any atom is -0.348 e. The van der Waals surface area contributed by atoms with Crippen molar-refractivity contribution in [3.8, 4) is 0 Å². The van der Waals surface area contributed by atoms with Crippen LogP contribution < -0.4 is 5.32 Å². The Morgan fingerprint density at radius 1 is 1.03 bits per heavy atom. The zero-order chi connectivity index (χ0) is 22.9. The zero-order valence-electron chi connectivity index (χ0n) is 16.8. The van der Waals surface area contributed by atoms with E-state index in [0.717, 1.165) is 24.3 Å². The second kappa shape index (κ2) is 8.71. The molecule has 10 heteroatoms. The molecule has 3 amide bonds. The van der Waals surface area contributed by atoms with Crippen molar-refractivity contribution < 1.29 is 37.3 Å². The van der Waals surface area contributed by atoms with Gasteiger partial charge >= 0.3 is 6.18 Å². The van der Waals surface area contributed by atoms with E-state index >= 15 is 0 Å². The molecule has 2 aliphatic rings. The number of halogens is 3. The van der Waals surface area contributed by atoms with Gasteiger partial charge in [0, 0.05) is 12.1 Å². The molecule has 2 aliphatic heterocycles. The Balaban J connectivity index is 1.43. The number of alkyl halides is 3. The van der Waals surface area contributed by atoms with Gasteiger partial charge in [0.2, 0.25) is 0 Å². The molecule has 7 nitrogen and oxygen atoms in total. The molecular weight excluding hydrogens is 429 g/mol. The van der Waals surface area contributed by atoms with E-state index in [4.69, 9.17) is 9.78 Å². The minimum atomic E-state index is -4.48. The van der Waals surface area contributed by atoms with Crippen LogP contribution >= 0.6 is 0 Å². The third kappa shape index (κ3) is 4.37. The molecule has 2 aromatic carbocycles. The summed E-state index contributed by atoms with van der Waals surface area (Å²) in [6, 6.07) is 8.14. The van der Waals surface area contributed by atoms with E-state index < -0.39 is 35.5 Å². The highest BCUT2D eigenvalue weighted by atomic mass is 19.4. The van der Waals surface area contributed by atoms with Crippen molar-refractivity contribution in [3.05, 3.63) is 70.3 Å². The van der Waals surface area contributed by atoms with Gasteiger partial charge in [0.1, 0.15) is 6.61 Å². The number of rotatable bonds is 4. The fourth-order valence-corrected chi connectivity index (χ4v) is 3.69. The quantitative estimate of drug-likeness (QED) is 0.573. The maximum atomic E-state index is 12.9. The molecule has 1 atom stereocenters. The molecule has 1 saturated heterocycles. The van der Waals surface area contributed by atoms with Gasteiger partial charge in [-0.3, -0.25) is 19.3 Å². The Labute approximate surface area is 181 Å². The molecule has 32 heavy (non-hydrogen) atoms. The number of hydrogen-bond acceptors (Lipinski definition) is 5. The van der Waals surface area contributed by atoms with Crippen LogP contribution in [0.5, 0.6) is 0 Å². The van der Waals surface area contributed by atoms with Crippen LogP contribution in [0.2, 0.25) is 0 Å². The normalized spacial score (nSPS) is 19.0. The van der Waals surface area contributed by atoms with E-state index in [1.54, 1.807) is 6.07 Å². The van der Waals surface area contributed by atoms with Crippen LogP contribution in [0.3, 0.4) is 0 Å². The van der Waals surface area contributed by atoms with Crippen LogP contribution in [0.4, 0.5) is 13.2 Å². The topological polar surface area (TPSA) is 84.9 Å². The molecule has 0 aliphatic carbocycles. The molecule has 0 saturated carbocycles. The first-order valence-corrected chi connectivity index (χ1v) is 9.96. The molecule has 1 N–H and O–H groups in total. The zero-order valence-corrected chi connectivity index (χ0v) is 16.8. The molecule has 1 unspecified atom stereocenters. The number of carbonyl (C=O) groups excluding carboxylic acids is 3. The fraction of sp³-hybridized carbons (Fsp3) is 0.318. The summed E-state index contributed by atoms with van der Waals surface area (Å²) in [6.45, 7) is 0.527. The lowest BCUT2D eigenvalue weighted by atomic mass is 10.1. The van der Waals surface area contributed by atoms with Crippen molar-refractivity contribution in [1.82, 2.24) is 10.2 Å². The highest BCUT2D eigenvalue weighted by Gasteiger charge is 2.40. The number of carbonyl (C=O) groups is 3. The first kappa shape index (κ1) is 22.0. The number of fused-ring (bicyclic) bond motifs is 1. The molecule has 0 radical (unpaired) electrons. The van der Waals surface area contributed by atoms with Crippen molar-refractivity contribution in [1.29, 1.82) is 0 Å². The van der Waals surface area contributed by atoms with Crippen LogP contribution in [0.25, 0.3) is 0 Å². The first-order valence-electron chi connectivity index (χ1n) is 9.96. The summed E-state index contributed by atoms with van der Waals surface area (Å²) in [5, 5.41) is 2.61. The molecule has 168 valence electrons. The number of amides is 3. The summed E-state index contributed by atoms with van der Waals surface area (Å²) >= 11 is 0. The maximum absolute atomic E-state index is 12.9. The van der Waals surface area contributed by atoms with Gasteiger partial charge in [-0.15, -0.1) is 0 Å². The number of imide groups is 1. The van der Waals surface area contributed by atoms with Crippen molar-refractivity contribution in [2.24, 2.45) is 0 Å². The van der Waals surface area contributed by atoms with E-state index in [0.29, 0.717) is 25.0 Å². The van der Waals surface area contributed by atoms with Crippen molar-refractivity contribution in [3.63, 3.8) is 0 Å². The van der Waals surface area contributed by atoms with Gasteiger partial charge in [-0.1, -0.05) is 6.07 Å². The highest BCUT2D eigenvalue weighted by Crippen LogP contribution is 2.30. The van der Waals surface area contributed by atoms with Gasteiger partial charge in [0.25, 0.3) is 17.7 Å². The van der Waals surface area contributed by atoms with Crippen LogP contribution in [0.15, 0.2) is 42.5 Å². The SMILES string of the molecule is O=C(NCc1ccc2c(c1)C(=O)N(C1CCCOOC1)C2=O)c1ccc(C(F)(F)F)cc1. The number of nitrogens with one attached hydrogen (secondary N) is 1. The Bertz CT molecular complexity index is 1040. The summed E-state index contributed by atoms with van der Waals surface area (Å²) in [4.78, 5) is 49.0. The van der Waals surface area contributed by atoms with Crippen LogP contribution in [0, 0.1) is 0 Å². The van der Waals surface area contributed by atoms with Crippen LogP contribution in [0.1, 0.15) is 55.0 Å². The third-order valence-electron chi connectivity index (χ3n) is 5.38. The monoisotopic (exact) mass is 448 g/mol. The smallest absolute Gasteiger partial charge is 0.348 e. The molecule has 2 aromatic rings. The van der Waals surface area contributed by atoms with E-state index in [9.17, 15) is 27.6 Å². The fourth-order valence-electron chi connectivity index (χ4n) is 3.69. The average Bonchev–Trinajstić information content (AvgIpc) is 2.95. The van der Waals surface area contributed by atoms with Gasteiger partial charge in [-0.2, -0.15) is 13.2 Å². The second-order valence-electron chi connectivity index (χ2n) is 7.52. The van der Waals surface area contributed by atoms with Crippen LogP contribution in [-0.4, -0.2) is 41.9 Å². The maximum Gasteiger partial charge on any atom is 0.416 e. The Morgan fingerprint density at radius 3 is 2.47 bits per heavy atom. The van der Waals surface area contributed by atoms with Gasteiger partial charge in [-0.25, -0.2) is 9.78 Å². The standard InChI is InChI=1S/C22H19F3N2O5/c23-22(24,25)15-6-4-14(5-7-15)19(28)26-11-13-3-8-17-18(10-13)21(30)27(20(17)29)16-2-1-9-31-32-12-16/h3-8,10,16H,1-2,9,11-12H2,(H,26,28). The Hall–Kier alpha value is -3.24. The molecular formula is C22H19F3N2O5. The highest BCUT2D eigenvalue weighted by molar-refractivity contribution is 6.21. The average molecular weight is 448 g/mol. The number of benzene rings is 2. The first-order chi connectivity index (χ1) is 15.3. The lowest BCUT2D eigenvalue weighted by Gasteiger charge is -2.23. The molecule has 0 spiro atoms. The molecule has 0 aromatic heterocycles. The predicted molar refractivity (Wildman–Crippen MR) is 104 cm³/mol. The summed E-state index contributed by atoms with van der Waals surface area (Å²) in [5.74, 6) is -1.39. The summed E-state index contributed by atoms with van der Waals surface area (Å²) in [7, 11) is 0.